The van der Waals surface area contributed by atoms with E-state index in [1.165, 1.54) is 25.7 Å². The Balaban J connectivity index is 2.83. The topological polar surface area (TPSA) is 12.0 Å². The van der Waals surface area contributed by atoms with Crippen molar-refractivity contribution in [2.45, 2.75) is 38.5 Å². The molecule has 0 radical (unpaired) electrons. The van der Waals surface area contributed by atoms with Gasteiger partial charge in [-0.3, -0.25) is 0 Å². The quantitative estimate of drug-likeness (QED) is 0.403. The minimum atomic E-state index is 1.15. The zero-order valence-corrected chi connectivity index (χ0v) is 8.73. The Morgan fingerprint density at radius 3 is 1.62 bits per heavy atom. The van der Waals surface area contributed by atoms with Gasteiger partial charge in [0.1, 0.15) is 0 Å². The second-order valence-corrected chi connectivity index (χ2v) is 3.32. The van der Waals surface area contributed by atoms with Crippen LogP contribution < -0.4 is 5.32 Å². The van der Waals surface area contributed by atoms with Crippen molar-refractivity contribution in [2.24, 2.45) is 0 Å². The van der Waals surface area contributed by atoms with Gasteiger partial charge in [0.25, 0.3) is 0 Å². The molecular formula is C12H23N. The number of hydrogen-bond acceptors (Lipinski definition) is 1. The van der Waals surface area contributed by atoms with Crippen LogP contribution in [0.5, 0.6) is 0 Å². The predicted molar refractivity (Wildman–Crippen MR) is 61.0 cm³/mol. The Kier molecular flexibility index (Phi) is 10.9. The van der Waals surface area contributed by atoms with Crippen LogP contribution in [0.4, 0.5) is 0 Å². The lowest BCUT2D eigenvalue weighted by Gasteiger charge is -2.02. The van der Waals surface area contributed by atoms with Crippen molar-refractivity contribution in [3.8, 4) is 0 Å². The average molecular weight is 181 g/mol. The summed E-state index contributed by atoms with van der Waals surface area (Å²) in [6.45, 7) is 9.71. The average Bonchev–Trinajstić information content (AvgIpc) is 2.16. The normalized spacial score (nSPS) is 9.85. The molecule has 0 spiro atoms. The van der Waals surface area contributed by atoms with Crippen LogP contribution in [-0.2, 0) is 0 Å². The van der Waals surface area contributed by atoms with Crippen LogP contribution in [0, 0.1) is 0 Å². The van der Waals surface area contributed by atoms with Crippen LogP contribution in [0.3, 0.4) is 0 Å². The van der Waals surface area contributed by atoms with Gasteiger partial charge >= 0.3 is 0 Å². The van der Waals surface area contributed by atoms with Crippen LogP contribution in [-0.4, -0.2) is 13.1 Å². The Morgan fingerprint density at radius 2 is 1.23 bits per heavy atom. The van der Waals surface area contributed by atoms with Gasteiger partial charge in [0, 0.05) is 0 Å². The first-order valence-corrected chi connectivity index (χ1v) is 5.34. The summed E-state index contributed by atoms with van der Waals surface area (Å²) >= 11 is 0. The summed E-state index contributed by atoms with van der Waals surface area (Å²) in [7, 11) is 0. The van der Waals surface area contributed by atoms with Gasteiger partial charge in [-0.25, -0.2) is 0 Å². The number of rotatable bonds is 10. The van der Waals surface area contributed by atoms with Gasteiger partial charge in [0.05, 0.1) is 0 Å². The lowest BCUT2D eigenvalue weighted by atomic mass is 10.2. The summed E-state index contributed by atoms with van der Waals surface area (Å²) in [6.07, 6.45) is 11.4. The van der Waals surface area contributed by atoms with E-state index in [0.29, 0.717) is 0 Å². The van der Waals surface area contributed by atoms with Crippen molar-refractivity contribution in [1.29, 1.82) is 0 Å². The Labute approximate surface area is 82.9 Å². The van der Waals surface area contributed by atoms with E-state index >= 15 is 0 Å². The molecule has 0 unspecified atom stereocenters. The minimum absolute atomic E-state index is 1.15. The van der Waals surface area contributed by atoms with Crippen molar-refractivity contribution in [1.82, 2.24) is 5.32 Å². The Hall–Kier alpha value is -0.560. The number of nitrogens with one attached hydrogen (secondary N) is 1. The molecule has 0 bridgehead atoms. The molecule has 0 aromatic rings. The van der Waals surface area contributed by atoms with Crippen molar-refractivity contribution >= 4 is 0 Å². The third kappa shape index (κ3) is 11.4. The molecule has 0 heterocycles. The van der Waals surface area contributed by atoms with Crippen molar-refractivity contribution < 1.29 is 0 Å². The van der Waals surface area contributed by atoms with Crippen LogP contribution in [0.15, 0.2) is 25.3 Å². The molecule has 0 aromatic carbocycles. The highest BCUT2D eigenvalue weighted by Crippen LogP contribution is 1.95. The molecule has 0 saturated heterocycles. The molecule has 0 saturated carbocycles. The standard InChI is InChI=1S/C12H23N/c1-3-5-7-9-11-13-12-10-8-6-4-2/h3-4,13H,1-2,5-12H2. The molecule has 0 aliphatic rings. The molecule has 1 heteroatoms. The molecule has 0 aromatic heterocycles. The lowest BCUT2D eigenvalue weighted by Crippen LogP contribution is -2.16. The first-order valence-electron chi connectivity index (χ1n) is 5.34. The van der Waals surface area contributed by atoms with E-state index in [1.54, 1.807) is 0 Å². The summed E-state index contributed by atoms with van der Waals surface area (Å²) in [4.78, 5) is 0. The molecule has 0 aliphatic heterocycles. The van der Waals surface area contributed by atoms with Gasteiger partial charge in [-0.05, 0) is 51.6 Å². The first-order chi connectivity index (χ1) is 6.41. The summed E-state index contributed by atoms with van der Waals surface area (Å²) in [5.41, 5.74) is 0. The summed E-state index contributed by atoms with van der Waals surface area (Å²) in [6, 6.07) is 0. The fraction of sp³-hybridized carbons (Fsp3) is 0.667. The Morgan fingerprint density at radius 1 is 0.769 bits per heavy atom. The smallest absolute Gasteiger partial charge is 0.00488 e. The van der Waals surface area contributed by atoms with Crippen LogP contribution in [0.25, 0.3) is 0 Å². The maximum atomic E-state index is 3.70. The molecule has 1 nitrogen and oxygen atoms in total. The van der Waals surface area contributed by atoms with E-state index in [1.807, 2.05) is 12.2 Å². The fourth-order valence-corrected chi connectivity index (χ4v) is 1.20. The number of unbranched alkanes of at least 4 members (excludes halogenated alkanes) is 4. The summed E-state index contributed by atoms with van der Waals surface area (Å²) < 4.78 is 0. The van der Waals surface area contributed by atoms with Crippen LogP contribution in [0.1, 0.15) is 38.5 Å². The lowest BCUT2D eigenvalue weighted by molar-refractivity contribution is 0.594. The molecular weight excluding hydrogens is 158 g/mol. The monoisotopic (exact) mass is 181 g/mol. The zero-order chi connectivity index (χ0) is 9.78. The number of hydrogen-bond donors (Lipinski definition) is 1. The summed E-state index contributed by atoms with van der Waals surface area (Å²) in [5.74, 6) is 0. The van der Waals surface area contributed by atoms with Crippen LogP contribution >= 0.6 is 0 Å². The van der Waals surface area contributed by atoms with Gasteiger partial charge in [-0.1, -0.05) is 12.2 Å². The molecule has 76 valence electrons. The van der Waals surface area contributed by atoms with Gasteiger partial charge in [0.15, 0.2) is 0 Å². The molecule has 0 fully saturated rings. The van der Waals surface area contributed by atoms with Gasteiger partial charge in [-0.2, -0.15) is 0 Å². The van der Waals surface area contributed by atoms with E-state index in [0.717, 1.165) is 25.9 Å². The minimum Gasteiger partial charge on any atom is -0.317 e. The highest BCUT2D eigenvalue weighted by atomic mass is 14.8. The van der Waals surface area contributed by atoms with E-state index in [-0.39, 0.29) is 0 Å². The fourth-order valence-electron chi connectivity index (χ4n) is 1.20. The molecule has 13 heavy (non-hydrogen) atoms. The maximum absolute atomic E-state index is 3.70. The van der Waals surface area contributed by atoms with E-state index in [2.05, 4.69) is 18.5 Å². The van der Waals surface area contributed by atoms with E-state index < -0.39 is 0 Å². The van der Waals surface area contributed by atoms with Crippen LogP contribution in [0.2, 0.25) is 0 Å². The largest absolute Gasteiger partial charge is 0.317 e. The molecule has 0 rings (SSSR count). The van der Waals surface area contributed by atoms with Crippen molar-refractivity contribution in [3.05, 3.63) is 25.3 Å². The predicted octanol–water partition coefficient (Wildman–Crippen LogP) is 3.29. The van der Waals surface area contributed by atoms with E-state index in [4.69, 9.17) is 0 Å². The summed E-state index contributed by atoms with van der Waals surface area (Å²) in [5, 5.41) is 3.43. The maximum Gasteiger partial charge on any atom is -0.00488 e. The molecule has 0 aliphatic carbocycles. The first kappa shape index (κ1) is 12.4. The molecule has 0 amide bonds. The van der Waals surface area contributed by atoms with Gasteiger partial charge in [0.2, 0.25) is 0 Å². The third-order valence-electron chi connectivity index (χ3n) is 2.02. The highest BCUT2D eigenvalue weighted by molar-refractivity contribution is 4.67. The van der Waals surface area contributed by atoms with Crippen molar-refractivity contribution in [2.75, 3.05) is 13.1 Å². The van der Waals surface area contributed by atoms with E-state index in [9.17, 15) is 0 Å². The van der Waals surface area contributed by atoms with Crippen molar-refractivity contribution in [3.63, 3.8) is 0 Å². The number of allylic oxidation sites excluding steroid dienone is 2. The Bertz CT molecular complexity index is 104. The second-order valence-electron chi connectivity index (χ2n) is 3.32. The SMILES string of the molecule is C=CCCCCNCCCCC=C. The molecule has 0 atom stereocenters. The zero-order valence-electron chi connectivity index (χ0n) is 8.73. The molecule has 1 N–H and O–H groups in total. The second kappa shape index (κ2) is 11.4. The van der Waals surface area contributed by atoms with Gasteiger partial charge < -0.3 is 5.32 Å². The third-order valence-corrected chi connectivity index (χ3v) is 2.02. The van der Waals surface area contributed by atoms with Gasteiger partial charge in [-0.15, -0.1) is 13.2 Å². The highest BCUT2D eigenvalue weighted by Gasteiger charge is 1.88.